The lowest BCUT2D eigenvalue weighted by Gasteiger charge is -2.43. The largest absolute Gasteiger partial charge is 0.416 e. The summed E-state index contributed by atoms with van der Waals surface area (Å²) >= 11 is 3.34. The van der Waals surface area contributed by atoms with Crippen molar-refractivity contribution in [2.75, 3.05) is 26.1 Å². The minimum Gasteiger partial charge on any atom is -0.416 e. The summed E-state index contributed by atoms with van der Waals surface area (Å²) in [5.41, 5.74) is 0.613. The molecule has 140 valence electrons. The lowest BCUT2D eigenvalue weighted by molar-refractivity contribution is -0.292. The van der Waals surface area contributed by atoms with E-state index in [2.05, 4.69) is 21.2 Å². The molecule has 0 bridgehead atoms. The van der Waals surface area contributed by atoms with Crippen LogP contribution in [0.4, 0.5) is 10.5 Å². The van der Waals surface area contributed by atoms with Crippen LogP contribution in [0.1, 0.15) is 13.8 Å². The number of carbonyl (C=O) groups excluding carboxylic acids is 1. The Morgan fingerprint density at radius 1 is 1.16 bits per heavy atom. The zero-order valence-electron chi connectivity index (χ0n) is 14.7. The number of methoxy groups -OCH3 is 2. The lowest BCUT2D eigenvalue weighted by Crippen LogP contribution is -2.60. The fourth-order valence-electron chi connectivity index (χ4n) is 2.81. The zero-order chi connectivity index (χ0) is 18.4. The molecule has 2 rings (SSSR count). The van der Waals surface area contributed by atoms with E-state index in [1.807, 2.05) is 26.0 Å². The number of hydrogen-bond donors (Lipinski definition) is 1. The first-order valence-corrected chi connectivity index (χ1v) is 8.85. The molecule has 1 aromatic rings. The van der Waals surface area contributed by atoms with Crippen LogP contribution in [0.15, 0.2) is 28.7 Å². The number of ether oxygens (including phenoxy) is 5. The summed E-state index contributed by atoms with van der Waals surface area (Å²) in [6.07, 6.45) is -3.19. The number of amides is 1. The van der Waals surface area contributed by atoms with Gasteiger partial charge in [-0.15, -0.1) is 0 Å². The summed E-state index contributed by atoms with van der Waals surface area (Å²) in [6.45, 7) is 4.21. The molecule has 1 aromatic carbocycles. The maximum atomic E-state index is 12.2. The Labute approximate surface area is 156 Å². The summed E-state index contributed by atoms with van der Waals surface area (Å²) in [5.74, 6) is 0. The Bertz CT molecular complexity index is 555. The Balaban J connectivity index is 2.05. The van der Waals surface area contributed by atoms with Crippen molar-refractivity contribution in [1.29, 1.82) is 0 Å². The molecule has 0 saturated carbocycles. The first-order valence-electron chi connectivity index (χ1n) is 8.06. The number of benzene rings is 1. The van der Waals surface area contributed by atoms with E-state index in [4.69, 9.17) is 23.7 Å². The molecular formula is C17H24BrNO6. The van der Waals surface area contributed by atoms with Crippen LogP contribution in [0.5, 0.6) is 0 Å². The monoisotopic (exact) mass is 417 g/mol. The Morgan fingerprint density at radius 2 is 1.80 bits per heavy atom. The van der Waals surface area contributed by atoms with Crippen LogP contribution in [-0.2, 0) is 23.7 Å². The standard InChI is InChI=1S/C17H24BrNO6/c1-5-23-14-13(21-3)10(2)24-16(15(14)22-4)25-17(20)19-12-8-6-11(18)7-9-12/h6-10,13-16H,5H2,1-4H3,(H,19,20)/t10-,13-,14+,15+,16-/m0/s1. The maximum absolute atomic E-state index is 12.2. The topological polar surface area (TPSA) is 75.2 Å². The zero-order valence-corrected chi connectivity index (χ0v) is 16.3. The molecule has 1 amide bonds. The number of halogens is 1. The Hall–Kier alpha value is -1.19. The molecule has 25 heavy (non-hydrogen) atoms. The predicted octanol–water partition coefficient (Wildman–Crippen LogP) is 3.18. The van der Waals surface area contributed by atoms with Crippen molar-refractivity contribution in [1.82, 2.24) is 0 Å². The minimum absolute atomic E-state index is 0.320. The first kappa shape index (κ1) is 20.1. The summed E-state index contributed by atoms with van der Waals surface area (Å²) < 4.78 is 28.8. The maximum Gasteiger partial charge on any atom is 0.414 e. The molecule has 1 fully saturated rings. The molecule has 1 heterocycles. The van der Waals surface area contributed by atoms with Gasteiger partial charge in [0.25, 0.3) is 0 Å². The van der Waals surface area contributed by atoms with Crippen LogP contribution in [0.3, 0.4) is 0 Å². The highest BCUT2D eigenvalue weighted by Crippen LogP contribution is 2.28. The summed E-state index contributed by atoms with van der Waals surface area (Å²) in [4.78, 5) is 12.2. The van der Waals surface area contributed by atoms with Crippen LogP contribution in [0.2, 0.25) is 0 Å². The number of anilines is 1. The van der Waals surface area contributed by atoms with Gasteiger partial charge in [0.2, 0.25) is 6.29 Å². The van der Waals surface area contributed by atoms with Crippen molar-refractivity contribution < 1.29 is 28.5 Å². The fourth-order valence-corrected chi connectivity index (χ4v) is 3.07. The van der Waals surface area contributed by atoms with Crippen LogP contribution in [0.25, 0.3) is 0 Å². The number of rotatable bonds is 6. The minimum atomic E-state index is -0.904. The predicted molar refractivity (Wildman–Crippen MR) is 95.6 cm³/mol. The van der Waals surface area contributed by atoms with E-state index in [1.54, 1.807) is 19.2 Å². The highest BCUT2D eigenvalue weighted by molar-refractivity contribution is 9.10. The fraction of sp³-hybridized carbons (Fsp3) is 0.588. The van der Waals surface area contributed by atoms with E-state index >= 15 is 0 Å². The molecule has 5 atom stereocenters. The molecule has 1 N–H and O–H groups in total. The van der Waals surface area contributed by atoms with Crippen molar-refractivity contribution in [3.8, 4) is 0 Å². The van der Waals surface area contributed by atoms with Crippen LogP contribution in [-0.4, -0.2) is 57.6 Å². The van der Waals surface area contributed by atoms with Crippen LogP contribution >= 0.6 is 15.9 Å². The molecular weight excluding hydrogens is 394 g/mol. The van der Waals surface area contributed by atoms with Gasteiger partial charge in [0.15, 0.2) is 0 Å². The van der Waals surface area contributed by atoms with Gasteiger partial charge in [-0.3, -0.25) is 5.32 Å². The third kappa shape index (κ3) is 5.15. The molecule has 0 radical (unpaired) electrons. The molecule has 8 heteroatoms. The highest BCUT2D eigenvalue weighted by Gasteiger charge is 2.47. The molecule has 0 aliphatic carbocycles. The lowest BCUT2D eigenvalue weighted by atomic mass is 9.99. The van der Waals surface area contributed by atoms with E-state index in [-0.39, 0.29) is 12.2 Å². The van der Waals surface area contributed by atoms with E-state index < -0.39 is 24.6 Å². The van der Waals surface area contributed by atoms with Crippen molar-refractivity contribution >= 4 is 27.7 Å². The molecule has 1 saturated heterocycles. The average Bonchev–Trinajstić information content (AvgIpc) is 2.57. The average molecular weight is 418 g/mol. The van der Waals surface area contributed by atoms with Gasteiger partial charge in [0, 0.05) is 31.0 Å². The van der Waals surface area contributed by atoms with Crippen LogP contribution < -0.4 is 5.32 Å². The van der Waals surface area contributed by atoms with Gasteiger partial charge in [-0.1, -0.05) is 15.9 Å². The second-order valence-electron chi connectivity index (χ2n) is 5.57. The number of nitrogens with one attached hydrogen (secondary N) is 1. The summed E-state index contributed by atoms with van der Waals surface area (Å²) in [6, 6.07) is 7.16. The normalized spacial score (nSPS) is 29.2. The second kappa shape index (κ2) is 9.49. The van der Waals surface area contributed by atoms with Gasteiger partial charge in [0.1, 0.15) is 18.3 Å². The third-order valence-corrected chi connectivity index (χ3v) is 4.47. The van der Waals surface area contributed by atoms with E-state index in [9.17, 15) is 4.79 Å². The van der Waals surface area contributed by atoms with Crippen molar-refractivity contribution in [2.45, 2.75) is 44.6 Å². The molecule has 7 nitrogen and oxygen atoms in total. The molecule has 0 unspecified atom stereocenters. The van der Waals surface area contributed by atoms with Gasteiger partial charge in [0.05, 0.1) is 6.10 Å². The molecule has 1 aliphatic rings. The van der Waals surface area contributed by atoms with Crippen molar-refractivity contribution in [3.63, 3.8) is 0 Å². The Morgan fingerprint density at radius 3 is 2.36 bits per heavy atom. The van der Waals surface area contributed by atoms with E-state index in [0.29, 0.717) is 12.3 Å². The van der Waals surface area contributed by atoms with E-state index in [1.165, 1.54) is 7.11 Å². The summed E-state index contributed by atoms with van der Waals surface area (Å²) in [7, 11) is 3.11. The number of hydrogen-bond acceptors (Lipinski definition) is 6. The van der Waals surface area contributed by atoms with Crippen LogP contribution in [0, 0.1) is 0 Å². The highest BCUT2D eigenvalue weighted by atomic mass is 79.9. The molecule has 1 aliphatic heterocycles. The second-order valence-corrected chi connectivity index (χ2v) is 6.48. The number of carbonyl (C=O) groups is 1. The van der Waals surface area contributed by atoms with Crippen molar-refractivity contribution in [2.24, 2.45) is 0 Å². The van der Waals surface area contributed by atoms with E-state index in [0.717, 1.165) is 4.47 Å². The first-order chi connectivity index (χ1) is 12.0. The molecule has 0 spiro atoms. The van der Waals surface area contributed by atoms with Gasteiger partial charge >= 0.3 is 6.09 Å². The SMILES string of the molecule is CCO[C@@H]1[C@@H](OC)[C@H](C)O[C@@H](OC(=O)Nc2ccc(Br)cc2)[C@@H]1OC. The quantitative estimate of drug-likeness (QED) is 0.765. The third-order valence-electron chi connectivity index (χ3n) is 3.94. The van der Waals surface area contributed by atoms with Crippen molar-refractivity contribution in [3.05, 3.63) is 28.7 Å². The van der Waals surface area contributed by atoms with Gasteiger partial charge in [-0.25, -0.2) is 4.79 Å². The Kier molecular flexibility index (Phi) is 7.64. The van der Waals surface area contributed by atoms with Gasteiger partial charge < -0.3 is 23.7 Å². The summed E-state index contributed by atoms with van der Waals surface area (Å²) in [5, 5.41) is 2.66. The molecule has 0 aromatic heterocycles. The smallest absolute Gasteiger partial charge is 0.414 e. The van der Waals surface area contributed by atoms with Gasteiger partial charge in [-0.05, 0) is 38.1 Å². The van der Waals surface area contributed by atoms with Gasteiger partial charge in [-0.2, -0.15) is 0 Å².